The summed E-state index contributed by atoms with van der Waals surface area (Å²) in [4.78, 5) is 20.5. The van der Waals surface area contributed by atoms with Crippen molar-refractivity contribution in [3.63, 3.8) is 0 Å². The van der Waals surface area contributed by atoms with Crippen molar-refractivity contribution in [3.8, 4) is 17.5 Å². The zero-order chi connectivity index (χ0) is 19.4. The Morgan fingerprint density at radius 3 is 2.52 bits per heavy atom. The normalized spacial score (nSPS) is 10.5. The van der Waals surface area contributed by atoms with Crippen molar-refractivity contribution >= 4 is 17.6 Å². The van der Waals surface area contributed by atoms with E-state index in [4.69, 9.17) is 5.73 Å². The number of nitrogens with two attached hydrogens (primary N) is 1. The third-order valence-electron chi connectivity index (χ3n) is 3.77. The molecule has 0 amide bonds. The molecular weight excluding hydrogens is 358 g/mol. The Morgan fingerprint density at radius 1 is 1.15 bits per heavy atom. The average Bonchev–Trinajstić information content (AvgIpc) is 2.67. The second kappa shape index (κ2) is 8.12. The number of anilines is 1. The van der Waals surface area contributed by atoms with Crippen molar-refractivity contribution in [1.82, 2.24) is 19.9 Å². The van der Waals surface area contributed by atoms with Crippen LogP contribution in [0.4, 0.5) is 5.82 Å². The van der Waals surface area contributed by atoms with E-state index in [-0.39, 0.29) is 0 Å². The number of rotatable bonds is 5. The Kier molecular flexibility index (Phi) is 5.64. The van der Waals surface area contributed by atoms with Crippen molar-refractivity contribution in [2.24, 2.45) is 5.73 Å². The molecule has 136 valence electrons. The number of nitriles is 1. The fourth-order valence-corrected chi connectivity index (χ4v) is 3.40. The summed E-state index contributed by atoms with van der Waals surface area (Å²) in [7, 11) is 3.87. The first-order valence-electron chi connectivity index (χ1n) is 8.26. The molecule has 2 N–H and O–H groups in total. The third-order valence-corrected chi connectivity index (χ3v) is 4.74. The van der Waals surface area contributed by atoms with Crippen molar-refractivity contribution in [3.05, 3.63) is 53.6 Å². The number of aromatic nitrogens is 4. The minimum Gasteiger partial charge on any atom is -0.363 e. The van der Waals surface area contributed by atoms with E-state index in [1.54, 1.807) is 18.5 Å². The number of hydrogen-bond acceptors (Lipinski definition) is 8. The smallest absolute Gasteiger partial charge is 0.160 e. The van der Waals surface area contributed by atoms with E-state index >= 15 is 0 Å². The predicted molar refractivity (Wildman–Crippen MR) is 105 cm³/mol. The third kappa shape index (κ3) is 4.39. The molecule has 0 aliphatic heterocycles. The lowest BCUT2D eigenvalue weighted by molar-refractivity contribution is 0.931. The lowest BCUT2D eigenvalue weighted by Gasteiger charge is -2.14. The Labute approximate surface area is 162 Å². The highest BCUT2D eigenvalue weighted by molar-refractivity contribution is 7.99. The van der Waals surface area contributed by atoms with Crippen LogP contribution in [0.3, 0.4) is 0 Å². The van der Waals surface area contributed by atoms with Crippen molar-refractivity contribution in [2.75, 3.05) is 19.0 Å². The molecule has 0 saturated carbocycles. The van der Waals surface area contributed by atoms with E-state index in [9.17, 15) is 5.26 Å². The molecular formula is C19H19N7S. The highest BCUT2D eigenvalue weighted by Crippen LogP contribution is 2.35. The van der Waals surface area contributed by atoms with E-state index in [0.29, 0.717) is 23.8 Å². The van der Waals surface area contributed by atoms with Crippen LogP contribution in [-0.4, -0.2) is 34.0 Å². The highest BCUT2D eigenvalue weighted by Gasteiger charge is 2.13. The minimum atomic E-state index is 0.392. The lowest BCUT2D eigenvalue weighted by Crippen LogP contribution is -2.11. The maximum absolute atomic E-state index is 9.28. The van der Waals surface area contributed by atoms with Crippen LogP contribution < -0.4 is 10.6 Å². The summed E-state index contributed by atoms with van der Waals surface area (Å²) in [5, 5.41) is 10.1. The van der Waals surface area contributed by atoms with Gasteiger partial charge in [0.1, 0.15) is 16.7 Å². The maximum atomic E-state index is 9.28. The molecule has 0 aliphatic carbocycles. The molecule has 7 nitrogen and oxygen atoms in total. The number of aryl methyl sites for hydroxylation is 1. The first-order chi connectivity index (χ1) is 13.0. The topological polar surface area (TPSA) is 105 Å². The van der Waals surface area contributed by atoms with E-state index in [1.807, 2.05) is 44.1 Å². The van der Waals surface area contributed by atoms with Gasteiger partial charge in [-0.1, -0.05) is 11.8 Å². The van der Waals surface area contributed by atoms with Crippen LogP contribution >= 0.6 is 11.8 Å². The average molecular weight is 377 g/mol. The van der Waals surface area contributed by atoms with Crippen LogP contribution in [0.5, 0.6) is 0 Å². The molecule has 2 heterocycles. The quantitative estimate of drug-likeness (QED) is 0.677. The standard InChI is InChI=1S/C19H19N7S/c1-12-24-17(26(2)3)7-18(25-12)27-16-6-13(8-20)4-5-15(16)19-22-10-14(9-21)11-23-19/h4-7,10-11H,9,21H2,1-3H3. The van der Waals surface area contributed by atoms with Crippen LogP contribution in [0, 0.1) is 18.3 Å². The first-order valence-corrected chi connectivity index (χ1v) is 9.08. The zero-order valence-corrected chi connectivity index (χ0v) is 16.2. The van der Waals surface area contributed by atoms with Crippen LogP contribution in [0.2, 0.25) is 0 Å². The van der Waals surface area contributed by atoms with Gasteiger partial charge >= 0.3 is 0 Å². The van der Waals surface area contributed by atoms with E-state index in [1.165, 1.54) is 11.8 Å². The van der Waals surface area contributed by atoms with Crippen LogP contribution in [0.25, 0.3) is 11.4 Å². The summed E-state index contributed by atoms with van der Waals surface area (Å²) in [5.74, 6) is 2.09. The van der Waals surface area contributed by atoms with Gasteiger partial charge in [-0.25, -0.2) is 19.9 Å². The predicted octanol–water partition coefficient (Wildman–Crippen LogP) is 2.79. The monoisotopic (exact) mass is 377 g/mol. The molecule has 0 radical (unpaired) electrons. The summed E-state index contributed by atoms with van der Waals surface area (Å²) < 4.78 is 0. The zero-order valence-electron chi connectivity index (χ0n) is 15.3. The van der Waals surface area contributed by atoms with E-state index in [0.717, 1.165) is 26.9 Å². The summed E-state index contributed by atoms with van der Waals surface area (Å²) in [5.41, 5.74) is 7.89. The van der Waals surface area contributed by atoms with Gasteiger partial charge in [-0.15, -0.1) is 0 Å². The summed E-state index contributed by atoms with van der Waals surface area (Å²) in [6, 6.07) is 9.54. The van der Waals surface area contributed by atoms with Crippen molar-refractivity contribution in [2.45, 2.75) is 23.4 Å². The van der Waals surface area contributed by atoms with Gasteiger partial charge < -0.3 is 10.6 Å². The molecule has 0 bridgehead atoms. The molecule has 0 aliphatic rings. The molecule has 0 saturated heterocycles. The molecule has 0 atom stereocenters. The van der Waals surface area contributed by atoms with Crippen LogP contribution in [0.1, 0.15) is 17.0 Å². The Bertz CT molecular complexity index is 994. The number of nitrogens with zero attached hydrogens (tertiary/aromatic N) is 6. The van der Waals surface area contributed by atoms with E-state index in [2.05, 4.69) is 26.0 Å². The number of hydrogen-bond donors (Lipinski definition) is 1. The Hall–Kier alpha value is -3.02. The first kappa shape index (κ1) is 18.8. The number of benzene rings is 1. The Balaban J connectivity index is 2.04. The molecule has 3 rings (SSSR count). The summed E-state index contributed by atoms with van der Waals surface area (Å²) >= 11 is 1.46. The fraction of sp³-hybridized carbons (Fsp3) is 0.211. The van der Waals surface area contributed by atoms with Gasteiger partial charge in [0.25, 0.3) is 0 Å². The molecule has 0 fully saturated rings. The highest BCUT2D eigenvalue weighted by atomic mass is 32.2. The summed E-state index contributed by atoms with van der Waals surface area (Å²) in [6.07, 6.45) is 3.43. The van der Waals surface area contributed by atoms with Gasteiger partial charge in [0.15, 0.2) is 5.82 Å². The van der Waals surface area contributed by atoms with Gasteiger partial charge in [0, 0.05) is 55.1 Å². The molecule has 0 spiro atoms. The molecule has 0 unspecified atom stereocenters. The van der Waals surface area contributed by atoms with Gasteiger partial charge in [-0.05, 0) is 25.1 Å². The molecule has 27 heavy (non-hydrogen) atoms. The lowest BCUT2D eigenvalue weighted by atomic mass is 10.1. The SMILES string of the molecule is Cc1nc(Sc2cc(C#N)ccc2-c2ncc(CN)cn2)cc(N(C)C)n1. The van der Waals surface area contributed by atoms with Gasteiger partial charge in [-0.3, -0.25) is 0 Å². The molecule has 2 aromatic heterocycles. The van der Waals surface area contributed by atoms with Crippen LogP contribution in [0.15, 0.2) is 46.6 Å². The largest absolute Gasteiger partial charge is 0.363 e. The van der Waals surface area contributed by atoms with Gasteiger partial charge in [0.05, 0.1) is 11.6 Å². The van der Waals surface area contributed by atoms with Gasteiger partial charge in [-0.2, -0.15) is 5.26 Å². The minimum absolute atomic E-state index is 0.392. The second-order valence-electron chi connectivity index (χ2n) is 6.05. The Morgan fingerprint density at radius 2 is 1.89 bits per heavy atom. The van der Waals surface area contributed by atoms with Gasteiger partial charge in [0.2, 0.25) is 0 Å². The van der Waals surface area contributed by atoms with Crippen LogP contribution in [-0.2, 0) is 6.54 Å². The summed E-state index contributed by atoms with van der Waals surface area (Å²) in [6.45, 7) is 2.25. The fourth-order valence-electron chi connectivity index (χ4n) is 2.38. The maximum Gasteiger partial charge on any atom is 0.160 e. The molecule has 1 aromatic carbocycles. The van der Waals surface area contributed by atoms with Crippen molar-refractivity contribution in [1.29, 1.82) is 5.26 Å². The van der Waals surface area contributed by atoms with Crippen molar-refractivity contribution < 1.29 is 0 Å². The molecule has 3 aromatic rings. The second-order valence-corrected chi connectivity index (χ2v) is 7.11. The van der Waals surface area contributed by atoms with E-state index < -0.39 is 0 Å². The molecule has 8 heteroatoms.